The van der Waals surface area contributed by atoms with Crippen molar-refractivity contribution in [2.45, 2.75) is 19.3 Å². The Morgan fingerprint density at radius 1 is 0.909 bits per heavy atom. The van der Waals surface area contributed by atoms with Crippen LogP contribution in [0.2, 0.25) is 0 Å². The second kappa shape index (κ2) is 7.36. The molecule has 0 aromatic heterocycles. The number of nitriles is 2. The van der Waals surface area contributed by atoms with Gasteiger partial charge < -0.3 is 4.81 Å². The summed E-state index contributed by atoms with van der Waals surface area (Å²) in [5.74, 6) is -0.164. The van der Waals surface area contributed by atoms with E-state index in [4.69, 9.17) is 0 Å². The summed E-state index contributed by atoms with van der Waals surface area (Å²) in [4.78, 5) is 15.4. The van der Waals surface area contributed by atoms with E-state index in [1.54, 1.807) is 18.2 Å². The number of rotatable bonds is 1. The summed E-state index contributed by atoms with van der Waals surface area (Å²) in [5, 5.41) is 19.1. The molecule has 3 aromatic carbocycles. The van der Waals surface area contributed by atoms with Crippen molar-refractivity contribution in [1.82, 2.24) is 0 Å². The number of hydrogen-bond acceptors (Lipinski definition) is 4. The lowest BCUT2D eigenvalue weighted by atomic mass is 9.72. The molecule has 156 valence electrons. The minimum atomic E-state index is -0.223. The van der Waals surface area contributed by atoms with Gasteiger partial charge in [0.1, 0.15) is 17.7 Å². The number of benzene rings is 3. The summed E-state index contributed by atoms with van der Waals surface area (Å²) in [7, 11) is 2.06. The Balaban J connectivity index is 1.70. The highest BCUT2D eigenvalue weighted by Gasteiger charge is 2.35. The fraction of sp³-hybridized carbons (Fsp3) is 0.107. The molecular weight excluding hydrogens is 405 g/mol. The number of ketones is 1. The van der Waals surface area contributed by atoms with Crippen LogP contribution in [0.25, 0.3) is 11.6 Å². The van der Waals surface area contributed by atoms with E-state index in [1.165, 1.54) is 11.3 Å². The molecule has 0 amide bonds. The third kappa shape index (κ3) is 2.94. The van der Waals surface area contributed by atoms with E-state index in [2.05, 4.69) is 63.0 Å². The van der Waals surface area contributed by atoms with Crippen molar-refractivity contribution in [1.29, 1.82) is 10.5 Å². The zero-order chi connectivity index (χ0) is 23.3. The summed E-state index contributed by atoms with van der Waals surface area (Å²) in [6.45, 7) is 4.42. The summed E-state index contributed by atoms with van der Waals surface area (Å²) in [6, 6.07) is 25.7. The number of nitrogens with zero attached hydrogens (tertiary/aromatic N) is 3. The molecule has 2 aliphatic rings. The fourth-order valence-corrected chi connectivity index (χ4v) is 5.02. The molecule has 0 spiro atoms. The molecule has 1 aliphatic heterocycles. The SMILES string of the molecule is BN1c2ccccc2C(C)(C)c2cc(/C=C3\C(=O)c4ccccc4C3=C(C#N)C#N)ccc21. The average molecular weight is 425 g/mol. The minimum absolute atomic E-state index is 0.0495. The van der Waals surface area contributed by atoms with Crippen LogP contribution in [-0.4, -0.2) is 13.8 Å². The van der Waals surface area contributed by atoms with Gasteiger partial charge >= 0.3 is 0 Å². The third-order valence-corrected chi connectivity index (χ3v) is 6.73. The molecule has 0 atom stereocenters. The van der Waals surface area contributed by atoms with Gasteiger partial charge in [-0.15, -0.1) is 0 Å². The van der Waals surface area contributed by atoms with Gasteiger partial charge in [0, 0.05) is 33.5 Å². The van der Waals surface area contributed by atoms with Gasteiger partial charge in [0.05, 0.1) is 0 Å². The summed E-state index contributed by atoms with van der Waals surface area (Å²) >= 11 is 0. The van der Waals surface area contributed by atoms with Gasteiger partial charge in [-0.25, -0.2) is 0 Å². The smallest absolute Gasteiger partial charge is 0.223 e. The first kappa shape index (κ1) is 20.6. The van der Waals surface area contributed by atoms with Gasteiger partial charge in [0.25, 0.3) is 0 Å². The van der Waals surface area contributed by atoms with Crippen molar-refractivity contribution in [2.24, 2.45) is 0 Å². The lowest BCUT2D eigenvalue weighted by molar-refractivity contribution is 0.104. The number of carbonyl (C=O) groups is 1. The first-order valence-corrected chi connectivity index (χ1v) is 10.8. The van der Waals surface area contributed by atoms with Crippen molar-refractivity contribution in [3.63, 3.8) is 0 Å². The van der Waals surface area contributed by atoms with Crippen LogP contribution in [0, 0.1) is 22.7 Å². The summed E-state index contributed by atoms with van der Waals surface area (Å²) in [6.07, 6.45) is 1.81. The molecule has 0 N–H and O–H groups in total. The molecule has 1 heterocycles. The highest BCUT2D eigenvalue weighted by Crippen LogP contribution is 2.48. The summed E-state index contributed by atoms with van der Waals surface area (Å²) in [5.41, 5.74) is 7.25. The second-order valence-electron chi connectivity index (χ2n) is 8.88. The molecule has 0 radical (unpaired) electrons. The standard InChI is InChI=1S/C28H20BN3O/c1-28(2)22-9-5-6-10-24(22)32(29)25-12-11-17(14-23(25)28)13-21-26(18(15-30)16-31)19-7-3-4-8-20(19)27(21)33/h3-14H,29H2,1-2H3/b21-13-. The number of carbonyl (C=O) groups excluding carboxylic acids is 1. The normalized spacial score (nSPS) is 16.5. The number of Topliss-reactive ketones (excluding diaryl/α,β-unsaturated/α-hetero) is 1. The quantitative estimate of drug-likeness (QED) is 0.309. The van der Waals surface area contributed by atoms with Gasteiger partial charge in [-0.1, -0.05) is 62.4 Å². The van der Waals surface area contributed by atoms with Crippen LogP contribution in [0.15, 0.2) is 77.9 Å². The van der Waals surface area contributed by atoms with Crippen molar-refractivity contribution in [2.75, 3.05) is 4.81 Å². The number of allylic oxidation sites excluding steroid dienone is 3. The zero-order valence-electron chi connectivity index (χ0n) is 18.7. The summed E-state index contributed by atoms with van der Waals surface area (Å²) < 4.78 is 0. The van der Waals surface area contributed by atoms with Crippen LogP contribution in [0.3, 0.4) is 0 Å². The number of para-hydroxylation sites is 1. The van der Waals surface area contributed by atoms with Gasteiger partial charge in [0.2, 0.25) is 7.98 Å². The second-order valence-corrected chi connectivity index (χ2v) is 8.88. The number of hydrogen-bond donors (Lipinski definition) is 0. The van der Waals surface area contributed by atoms with E-state index >= 15 is 0 Å². The Labute approximate surface area is 194 Å². The third-order valence-electron chi connectivity index (χ3n) is 6.73. The van der Waals surface area contributed by atoms with Gasteiger partial charge in [-0.3, -0.25) is 4.79 Å². The molecule has 3 aromatic rings. The predicted octanol–water partition coefficient (Wildman–Crippen LogP) is 5.09. The van der Waals surface area contributed by atoms with Crippen molar-refractivity contribution in [3.05, 3.63) is 106 Å². The van der Waals surface area contributed by atoms with Gasteiger partial charge in [-0.2, -0.15) is 10.5 Å². The van der Waals surface area contributed by atoms with Crippen LogP contribution in [0.5, 0.6) is 0 Å². The Morgan fingerprint density at radius 3 is 2.27 bits per heavy atom. The lowest BCUT2D eigenvalue weighted by Gasteiger charge is -2.41. The molecule has 33 heavy (non-hydrogen) atoms. The molecule has 0 fully saturated rings. The van der Waals surface area contributed by atoms with Crippen LogP contribution in [0.4, 0.5) is 11.4 Å². The highest BCUT2D eigenvalue weighted by atomic mass is 16.1. The van der Waals surface area contributed by atoms with E-state index in [9.17, 15) is 15.3 Å². The Hall–Kier alpha value is -4.35. The predicted molar refractivity (Wildman–Crippen MR) is 133 cm³/mol. The number of fused-ring (bicyclic) bond motifs is 3. The van der Waals surface area contributed by atoms with Crippen LogP contribution < -0.4 is 4.81 Å². The molecular formula is C28H20BN3O. The van der Waals surface area contributed by atoms with Gasteiger partial charge in [0.15, 0.2) is 5.78 Å². The highest BCUT2D eigenvalue weighted by molar-refractivity contribution is 6.30. The minimum Gasteiger partial charge on any atom is -0.393 e. The fourth-order valence-electron chi connectivity index (χ4n) is 5.02. The maximum absolute atomic E-state index is 13.3. The van der Waals surface area contributed by atoms with E-state index < -0.39 is 0 Å². The van der Waals surface area contributed by atoms with Gasteiger partial charge in [-0.05, 0) is 46.5 Å². The first-order valence-electron chi connectivity index (χ1n) is 10.8. The van der Waals surface area contributed by atoms with Crippen molar-refractivity contribution < 1.29 is 4.79 Å². The molecule has 0 bridgehead atoms. The van der Waals surface area contributed by atoms with Crippen LogP contribution in [0.1, 0.15) is 46.5 Å². The van der Waals surface area contributed by atoms with E-state index in [-0.39, 0.29) is 16.8 Å². The van der Waals surface area contributed by atoms with Crippen LogP contribution in [-0.2, 0) is 5.41 Å². The lowest BCUT2D eigenvalue weighted by Crippen LogP contribution is -2.31. The van der Waals surface area contributed by atoms with Crippen LogP contribution >= 0.6 is 0 Å². The van der Waals surface area contributed by atoms with Crippen molar-refractivity contribution in [3.8, 4) is 12.1 Å². The molecule has 5 rings (SSSR count). The van der Waals surface area contributed by atoms with E-state index in [0.29, 0.717) is 22.3 Å². The Bertz CT molecular complexity index is 1480. The molecule has 0 unspecified atom stereocenters. The first-order chi connectivity index (χ1) is 15.9. The van der Waals surface area contributed by atoms with E-state index in [0.717, 1.165) is 16.8 Å². The molecule has 0 saturated carbocycles. The Kier molecular flexibility index (Phi) is 4.59. The number of anilines is 2. The largest absolute Gasteiger partial charge is 0.393 e. The van der Waals surface area contributed by atoms with Crippen molar-refractivity contribution >= 4 is 36.8 Å². The Morgan fingerprint density at radius 2 is 1.55 bits per heavy atom. The molecule has 4 nitrogen and oxygen atoms in total. The topological polar surface area (TPSA) is 67.9 Å². The molecule has 1 aliphatic carbocycles. The maximum atomic E-state index is 13.3. The monoisotopic (exact) mass is 425 g/mol. The zero-order valence-corrected chi connectivity index (χ0v) is 18.7. The molecule has 0 saturated heterocycles. The van der Waals surface area contributed by atoms with E-state index in [1.807, 2.05) is 30.3 Å². The molecule has 5 heteroatoms. The average Bonchev–Trinajstić information content (AvgIpc) is 3.10. The maximum Gasteiger partial charge on any atom is 0.223 e.